The predicted octanol–water partition coefficient (Wildman–Crippen LogP) is 2.40. The first-order valence-electron chi connectivity index (χ1n) is 5.58. The van der Waals surface area contributed by atoms with Gasteiger partial charge >= 0.3 is 0 Å². The highest BCUT2D eigenvalue weighted by atomic mass is 16.5. The number of hydrogen-bond donors (Lipinski definition) is 1. The lowest BCUT2D eigenvalue weighted by molar-refractivity contribution is 0.0351. The van der Waals surface area contributed by atoms with Gasteiger partial charge in [-0.25, -0.2) is 0 Å². The summed E-state index contributed by atoms with van der Waals surface area (Å²) < 4.78 is 10.6. The van der Waals surface area contributed by atoms with E-state index in [0.717, 1.165) is 11.3 Å². The van der Waals surface area contributed by atoms with Crippen molar-refractivity contribution in [3.05, 3.63) is 42.5 Å². The van der Waals surface area contributed by atoms with Crippen molar-refractivity contribution in [3.8, 4) is 5.75 Å². The molecule has 0 bridgehead atoms. The summed E-state index contributed by atoms with van der Waals surface area (Å²) in [5.74, 6) is 0.833. The minimum Gasteiger partial charge on any atom is -0.497 e. The van der Waals surface area contributed by atoms with Gasteiger partial charge in [-0.1, -0.05) is 25.1 Å². The van der Waals surface area contributed by atoms with Crippen molar-refractivity contribution >= 4 is 0 Å². The first-order valence-corrected chi connectivity index (χ1v) is 5.58. The Balaban J connectivity index is 2.42. The molecule has 0 aliphatic carbocycles. The largest absolute Gasteiger partial charge is 0.497 e. The molecule has 1 unspecified atom stereocenters. The molecular formula is C14H20O3. The quantitative estimate of drug-likeness (QED) is 0.739. The second-order valence-corrected chi connectivity index (χ2v) is 4.36. The molecule has 0 saturated carbocycles. The number of methoxy groups -OCH3 is 1. The van der Waals surface area contributed by atoms with Crippen LogP contribution in [-0.2, 0) is 11.3 Å². The molecule has 0 heterocycles. The average Bonchev–Trinajstić information content (AvgIpc) is 2.39. The van der Waals surface area contributed by atoms with E-state index in [-0.39, 0.29) is 12.0 Å². The maximum atomic E-state index is 9.18. The monoisotopic (exact) mass is 236 g/mol. The van der Waals surface area contributed by atoms with Crippen LogP contribution in [0.1, 0.15) is 12.5 Å². The minimum atomic E-state index is -0.369. The highest BCUT2D eigenvalue weighted by molar-refractivity contribution is 5.26. The summed E-state index contributed by atoms with van der Waals surface area (Å²) in [6, 6.07) is 7.72. The van der Waals surface area contributed by atoms with Crippen molar-refractivity contribution in [2.75, 3.05) is 20.3 Å². The molecule has 1 atom stereocenters. The van der Waals surface area contributed by atoms with Gasteiger partial charge < -0.3 is 14.6 Å². The molecular weight excluding hydrogens is 216 g/mol. The van der Waals surface area contributed by atoms with Gasteiger partial charge in [0, 0.05) is 5.41 Å². The van der Waals surface area contributed by atoms with E-state index in [1.807, 2.05) is 31.2 Å². The number of ether oxygens (including phenoxy) is 2. The van der Waals surface area contributed by atoms with Crippen LogP contribution in [0, 0.1) is 5.41 Å². The molecule has 1 N–H and O–H groups in total. The summed E-state index contributed by atoms with van der Waals surface area (Å²) in [5, 5.41) is 9.18. The molecule has 1 aromatic carbocycles. The van der Waals surface area contributed by atoms with Crippen molar-refractivity contribution in [2.24, 2.45) is 5.41 Å². The predicted molar refractivity (Wildman–Crippen MR) is 68.0 cm³/mol. The Morgan fingerprint density at radius 3 is 2.47 bits per heavy atom. The van der Waals surface area contributed by atoms with Gasteiger partial charge in [-0.3, -0.25) is 0 Å². The molecule has 3 heteroatoms. The summed E-state index contributed by atoms with van der Waals surface area (Å²) in [6.45, 7) is 6.63. The average molecular weight is 236 g/mol. The minimum absolute atomic E-state index is 0.0408. The highest BCUT2D eigenvalue weighted by Gasteiger charge is 2.18. The number of aliphatic hydroxyl groups is 1. The summed E-state index contributed by atoms with van der Waals surface area (Å²) in [4.78, 5) is 0. The summed E-state index contributed by atoms with van der Waals surface area (Å²) in [5.41, 5.74) is 0.710. The van der Waals surface area contributed by atoms with Crippen molar-refractivity contribution in [3.63, 3.8) is 0 Å². The fourth-order valence-corrected chi connectivity index (χ4v) is 1.29. The molecule has 94 valence electrons. The molecule has 0 aromatic heterocycles. The Morgan fingerprint density at radius 1 is 1.35 bits per heavy atom. The third-order valence-electron chi connectivity index (χ3n) is 2.71. The fourth-order valence-electron chi connectivity index (χ4n) is 1.29. The molecule has 1 rings (SSSR count). The van der Waals surface area contributed by atoms with Gasteiger partial charge in [0.05, 0.1) is 26.9 Å². The number of rotatable bonds is 7. The summed E-state index contributed by atoms with van der Waals surface area (Å²) in [6.07, 6.45) is 1.72. The Morgan fingerprint density at radius 2 is 2.00 bits per heavy atom. The zero-order chi connectivity index (χ0) is 12.7. The molecule has 0 spiro atoms. The van der Waals surface area contributed by atoms with E-state index in [9.17, 15) is 5.11 Å². The van der Waals surface area contributed by atoms with E-state index >= 15 is 0 Å². The molecule has 1 aromatic rings. The van der Waals surface area contributed by atoms with E-state index in [1.165, 1.54) is 0 Å². The van der Waals surface area contributed by atoms with Crippen molar-refractivity contribution < 1.29 is 14.6 Å². The second-order valence-electron chi connectivity index (χ2n) is 4.36. The summed E-state index contributed by atoms with van der Waals surface area (Å²) >= 11 is 0. The van der Waals surface area contributed by atoms with Crippen LogP contribution in [0.4, 0.5) is 0 Å². The number of hydrogen-bond acceptors (Lipinski definition) is 3. The van der Waals surface area contributed by atoms with Crippen molar-refractivity contribution in [2.45, 2.75) is 13.5 Å². The lowest BCUT2D eigenvalue weighted by Crippen LogP contribution is -2.24. The number of aliphatic hydroxyl groups excluding tert-OH is 1. The van der Waals surface area contributed by atoms with Gasteiger partial charge in [0.1, 0.15) is 5.75 Å². The first-order chi connectivity index (χ1) is 8.13. The van der Waals surface area contributed by atoms with Crippen LogP contribution in [-0.4, -0.2) is 25.4 Å². The van der Waals surface area contributed by atoms with E-state index < -0.39 is 0 Å². The van der Waals surface area contributed by atoms with Gasteiger partial charge in [0.2, 0.25) is 0 Å². The maximum Gasteiger partial charge on any atom is 0.118 e. The van der Waals surface area contributed by atoms with E-state index in [1.54, 1.807) is 13.2 Å². The number of benzene rings is 1. The van der Waals surface area contributed by atoms with Crippen LogP contribution in [0.2, 0.25) is 0 Å². The fraction of sp³-hybridized carbons (Fsp3) is 0.429. The molecule has 0 radical (unpaired) electrons. The zero-order valence-corrected chi connectivity index (χ0v) is 10.5. The third-order valence-corrected chi connectivity index (χ3v) is 2.71. The van der Waals surface area contributed by atoms with Crippen molar-refractivity contribution in [1.29, 1.82) is 0 Å². The Bertz CT molecular complexity index is 345. The smallest absolute Gasteiger partial charge is 0.118 e. The highest BCUT2D eigenvalue weighted by Crippen LogP contribution is 2.18. The van der Waals surface area contributed by atoms with Crippen molar-refractivity contribution in [1.82, 2.24) is 0 Å². The maximum absolute atomic E-state index is 9.18. The van der Waals surface area contributed by atoms with Gasteiger partial charge in [-0.05, 0) is 17.7 Å². The Kier molecular flexibility index (Phi) is 5.19. The van der Waals surface area contributed by atoms with Gasteiger partial charge in [-0.2, -0.15) is 0 Å². The molecule has 0 fully saturated rings. The zero-order valence-electron chi connectivity index (χ0n) is 10.5. The van der Waals surface area contributed by atoms with Crippen LogP contribution in [0.25, 0.3) is 0 Å². The van der Waals surface area contributed by atoms with E-state index in [0.29, 0.717) is 13.2 Å². The van der Waals surface area contributed by atoms with E-state index in [2.05, 4.69) is 6.58 Å². The topological polar surface area (TPSA) is 38.7 Å². The molecule has 3 nitrogen and oxygen atoms in total. The van der Waals surface area contributed by atoms with Gasteiger partial charge in [0.25, 0.3) is 0 Å². The van der Waals surface area contributed by atoms with Crippen LogP contribution >= 0.6 is 0 Å². The summed E-state index contributed by atoms with van der Waals surface area (Å²) in [7, 11) is 1.64. The molecule has 0 saturated heterocycles. The first kappa shape index (κ1) is 13.7. The molecule has 0 amide bonds. The van der Waals surface area contributed by atoms with Crippen LogP contribution in [0.5, 0.6) is 5.75 Å². The van der Waals surface area contributed by atoms with Gasteiger partial charge in [0.15, 0.2) is 0 Å². The lowest BCUT2D eigenvalue weighted by atomic mass is 9.93. The third kappa shape index (κ3) is 4.21. The van der Waals surface area contributed by atoms with Gasteiger partial charge in [-0.15, -0.1) is 6.58 Å². The molecule has 0 aliphatic rings. The molecule has 0 aliphatic heterocycles. The second kappa shape index (κ2) is 6.42. The standard InChI is InChI=1S/C14H20O3/c1-4-14(2,10-15)11-17-9-12-5-7-13(16-3)8-6-12/h4-8,15H,1,9-11H2,2-3H3. The van der Waals surface area contributed by atoms with Crippen LogP contribution in [0.3, 0.4) is 0 Å². The Hall–Kier alpha value is -1.32. The normalized spacial score (nSPS) is 14.1. The van der Waals surface area contributed by atoms with E-state index in [4.69, 9.17) is 9.47 Å². The van der Waals surface area contributed by atoms with Crippen LogP contribution < -0.4 is 4.74 Å². The lowest BCUT2D eigenvalue weighted by Gasteiger charge is -2.22. The SMILES string of the molecule is C=CC(C)(CO)COCc1ccc(OC)cc1. The van der Waals surface area contributed by atoms with Crippen LogP contribution in [0.15, 0.2) is 36.9 Å². The molecule has 17 heavy (non-hydrogen) atoms. The Labute approximate surface area is 103 Å².